The maximum absolute atomic E-state index is 12.3. The standard InChI is InChI=1S/C18H15BrN4O2S2/c1-11(24)20-17-22-23-18(27-17)26-10-12-2-4-13(5-3-12)16(25)21-15-8-6-14(19)7-9-15/h2-9H,10H2,1H3,(H,21,25)(H,20,22,24). The number of nitrogens with zero attached hydrogens (tertiary/aromatic N) is 2. The van der Waals surface area contributed by atoms with Crippen molar-refractivity contribution in [3.63, 3.8) is 0 Å². The van der Waals surface area contributed by atoms with Crippen LogP contribution in [0.5, 0.6) is 0 Å². The summed E-state index contributed by atoms with van der Waals surface area (Å²) >= 11 is 6.23. The van der Waals surface area contributed by atoms with E-state index in [1.54, 1.807) is 12.1 Å². The van der Waals surface area contributed by atoms with Crippen LogP contribution in [0.4, 0.5) is 10.8 Å². The van der Waals surface area contributed by atoms with Crippen molar-refractivity contribution in [1.29, 1.82) is 0 Å². The minimum atomic E-state index is -0.167. The molecule has 0 aliphatic carbocycles. The Labute approximate surface area is 172 Å². The summed E-state index contributed by atoms with van der Waals surface area (Å²) in [5.74, 6) is 0.379. The molecule has 27 heavy (non-hydrogen) atoms. The van der Waals surface area contributed by atoms with Crippen molar-refractivity contribution in [1.82, 2.24) is 10.2 Å². The summed E-state index contributed by atoms with van der Waals surface area (Å²) in [4.78, 5) is 23.3. The number of hydrogen-bond donors (Lipinski definition) is 2. The molecule has 9 heteroatoms. The summed E-state index contributed by atoms with van der Waals surface area (Å²) in [7, 11) is 0. The number of rotatable bonds is 6. The molecular formula is C18H15BrN4O2S2. The normalized spacial score (nSPS) is 10.4. The minimum Gasteiger partial charge on any atom is -0.322 e. The number of amides is 2. The largest absolute Gasteiger partial charge is 0.322 e. The fourth-order valence-corrected chi connectivity index (χ4v) is 4.12. The first-order valence-corrected chi connectivity index (χ1v) is 10.5. The van der Waals surface area contributed by atoms with E-state index in [4.69, 9.17) is 0 Å². The highest BCUT2D eigenvalue weighted by Crippen LogP contribution is 2.28. The fraction of sp³-hybridized carbons (Fsp3) is 0.111. The SMILES string of the molecule is CC(=O)Nc1nnc(SCc2ccc(C(=O)Nc3ccc(Br)cc3)cc2)s1. The van der Waals surface area contributed by atoms with E-state index in [0.717, 1.165) is 20.1 Å². The van der Waals surface area contributed by atoms with Gasteiger partial charge < -0.3 is 10.6 Å². The van der Waals surface area contributed by atoms with Gasteiger partial charge in [0.15, 0.2) is 4.34 Å². The number of anilines is 2. The van der Waals surface area contributed by atoms with Gasteiger partial charge in [-0.15, -0.1) is 10.2 Å². The first-order chi connectivity index (χ1) is 13.0. The molecule has 0 aliphatic rings. The lowest BCUT2D eigenvalue weighted by Gasteiger charge is -2.06. The van der Waals surface area contributed by atoms with Crippen LogP contribution in [0.3, 0.4) is 0 Å². The molecule has 3 aromatic rings. The highest BCUT2D eigenvalue weighted by molar-refractivity contribution is 9.10. The van der Waals surface area contributed by atoms with Crippen LogP contribution in [0.25, 0.3) is 0 Å². The van der Waals surface area contributed by atoms with Gasteiger partial charge in [0.2, 0.25) is 11.0 Å². The van der Waals surface area contributed by atoms with Gasteiger partial charge in [0, 0.05) is 28.4 Å². The van der Waals surface area contributed by atoms with E-state index in [1.807, 2.05) is 36.4 Å². The van der Waals surface area contributed by atoms with Gasteiger partial charge >= 0.3 is 0 Å². The van der Waals surface area contributed by atoms with E-state index in [2.05, 4.69) is 36.8 Å². The fourth-order valence-electron chi connectivity index (χ4n) is 2.10. The monoisotopic (exact) mass is 462 g/mol. The molecule has 0 radical (unpaired) electrons. The Balaban J connectivity index is 1.55. The zero-order valence-electron chi connectivity index (χ0n) is 14.2. The average Bonchev–Trinajstić information content (AvgIpc) is 3.09. The Morgan fingerprint density at radius 1 is 1.04 bits per heavy atom. The van der Waals surface area contributed by atoms with Gasteiger partial charge in [-0.3, -0.25) is 9.59 Å². The maximum atomic E-state index is 12.3. The third-order valence-corrected chi connectivity index (χ3v) is 5.94. The number of benzene rings is 2. The molecule has 0 aliphatic heterocycles. The molecule has 6 nitrogen and oxygen atoms in total. The van der Waals surface area contributed by atoms with Crippen LogP contribution in [-0.2, 0) is 10.5 Å². The molecule has 0 saturated heterocycles. The van der Waals surface area contributed by atoms with Crippen LogP contribution < -0.4 is 10.6 Å². The van der Waals surface area contributed by atoms with Crippen molar-refractivity contribution in [2.75, 3.05) is 10.6 Å². The molecule has 0 spiro atoms. The second-order valence-electron chi connectivity index (χ2n) is 5.50. The van der Waals surface area contributed by atoms with E-state index in [0.29, 0.717) is 16.4 Å². The molecule has 2 aromatic carbocycles. The molecule has 0 saturated carbocycles. The highest BCUT2D eigenvalue weighted by atomic mass is 79.9. The van der Waals surface area contributed by atoms with Crippen LogP contribution in [0.1, 0.15) is 22.8 Å². The Morgan fingerprint density at radius 2 is 1.74 bits per heavy atom. The molecule has 0 unspecified atom stereocenters. The summed E-state index contributed by atoms with van der Waals surface area (Å²) < 4.78 is 1.73. The first kappa shape index (κ1) is 19.5. The number of nitrogens with one attached hydrogen (secondary N) is 2. The molecule has 0 bridgehead atoms. The molecule has 2 N–H and O–H groups in total. The second-order valence-corrected chi connectivity index (χ2v) is 8.62. The zero-order valence-corrected chi connectivity index (χ0v) is 17.5. The van der Waals surface area contributed by atoms with E-state index < -0.39 is 0 Å². The number of carbonyl (C=O) groups is 2. The molecule has 0 atom stereocenters. The van der Waals surface area contributed by atoms with Gasteiger partial charge in [-0.25, -0.2) is 0 Å². The van der Waals surface area contributed by atoms with Crippen LogP contribution in [0, 0.1) is 0 Å². The summed E-state index contributed by atoms with van der Waals surface area (Å²) in [6.45, 7) is 1.43. The van der Waals surface area contributed by atoms with Crippen LogP contribution in [0.15, 0.2) is 57.3 Å². The van der Waals surface area contributed by atoms with Crippen molar-refractivity contribution in [2.24, 2.45) is 0 Å². The lowest BCUT2D eigenvalue weighted by Crippen LogP contribution is -2.11. The number of hydrogen-bond acceptors (Lipinski definition) is 6. The molecule has 1 aromatic heterocycles. The Morgan fingerprint density at radius 3 is 2.41 bits per heavy atom. The van der Waals surface area contributed by atoms with Crippen LogP contribution in [-0.4, -0.2) is 22.0 Å². The summed E-state index contributed by atoms with van der Waals surface area (Å²) in [5, 5.41) is 13.9. The van der Waals surface area contributed by atoms with Crippen LogP contribution >= 0.6 is 39.0 Å². The smallest absolute Gasteiger partial charge is 0.255 e. The van der Waals surface area contributed by atoms with E-state index >= 15 is 0 Å². The summed E-state index contributed by atoms with van der Waals surface area (Å²) in [5.41, 5.74) is 2.40. The number of halogens is 1. The van der Waals surface area contributed by atoms with Gasteiger partial charge in [0.1, 0.15) is 0 Å². The minimum absolute atomic E-state index is 0.152. The Kier molecular flexibility index (Phi) is 6.59. The topological polar surface area (TPSA) is 84.0 Å². The Bertz CT molecular complexity index is 943. The second kappa shape index (κ2) is 9.12. The van der Waals surface area contributed by atoms with Crippen molar-refractivity contribution >= 4 is 61.7 Å². The van der Waals surface area contributed by atoms with Crippen molar-refractivity contribution < 1.29 is 9.59 Å². The van der Waals surface area contributed by atoms with Gasteiger partial charge in [-0.2, -0.15) is 0 Å². The van der Waals surface area contributed by atoms with Gasteiger partial charge in [-0.05, 0) is 42.0 Å². The third kappa shape index (κ3) is 5.88. The number of aromatic nitrogens is 2. The highest BCUT2D eigenvalue weighted by Gasteiger charge is 2.08. The van der Waals surface area contributed by atoms with Gasteiger partial charge in [-0.1, -0.05) is 51.2 Å². The van der Waals surface area contributed by atoms with Gasteiger partial charge in [0.05, 0.1) is 0 Å². The van der Waals surface area contributed by atoms with Crippen LogP contribution in [0.2, 0.25) is 0 Å². The van der Waals surface area contributed by atoms with Crippen molar-refractivity contribution in [3.8, 4) is 0 Å². The quantitative estimate of drug-likeness (QED) is 0.405. The average molecular weight is 463 g/mol. The summed E-state index contributed by atoms with van der Waals surface area (Å²) in [6.07, 6.45) is 0. The van der Waals surface area contributed by atoms with E-state index in [1.165, 1.54) is 30.0 Å². The zero-order chi connectivity index (χ0) is 19.2. The Hall–Kier alpha value is -2.23. The molecule has 2 amide bonds. The lowest BCUT2D eigenvalue weighted by atomic mass is 10.1. The maximum Gasteiger partial charge on any atom is 0.255 e. The lowest BCUT2D eigenvalue weighted by molar-refractivity contribution is -0.114. The molecule has 3 rings (SSSR count). The van der Waals surface area contributed by atoms with E-state index in [-0.39, 0.29) is 11.8 Å². The molecular weight excluding hydrogens is 448 g/mol. The molecule has 1 heterocycles. The third-order valence-electron chi connectivity index (χ3n) is 3.37. The van der Waals surface area contributed by atoms with Crippen molar-refractivity contribution in [2.45, 2.75) is 17.0 Å². The predicted molar refractivity (Wildman–Crippen MR) is 112 cm³/mol. The number of thioether (sulfide) groups is 1. The van der Waals surface area contributed by atoms with Gasteiger partial charge in [0.25, 0.3) is 5.91 Å². The van der Waals surface area contributed by atoms with E-state index in [9.17, 15) is 9.59 Å². The predicted octanol–water partition coefficient (Wildman–Crippen LogP) is 4.80. The molecule has 0 fully saturated rings. The van der Waals surface area contributed by atoms with Crippen molar-refractivity contribution in [3.05, 3.63) is 64.1 Å². The first-order valence-electron chi connectivity index (χ1n) is 7.89. The number of carbonyl (C=O) groups excluding carboxylic acids is 2. The summed E-state index contributed by atoms with van der Waals surface area (Å²) in [6, 6.07) is 14.9. The molecule has 138 valence electrons.